The molecule has 8 nitrogen and oxygen atoms in total. The Kier molecular flexibility index (Phi) is 15.4. The summed E-state index contributed by atoms with van der Waals surface area (Å²) in [5.74, 6) is 2.54. The zero-order valence-electron chi connectivity index (χ0n) is 30.6. The summed E-state index contributed by atoms with van der Waals surface area (Å²) in [5.41, 5.74) is 17.4. The summed E-state index contributed by atoms with van der Waals surface area (Å²) in [6, 6.07) is 53.4. The SMILES string of the molecule is C.Cc1cccc(-c2nnc(-c3ccccc3Cc3ccccc3)nn2)c1.Cc1cccc(C2=NNC(c3ccccc3Cc3ccccc3)=NN2)c1.ClCCl. The molecule has 282 valence electrons. The van der Waals surface area contributed by atoms with Crippen LogP contribution in [0.4, 0.5) is 0 Å². The zero-order chi connectivity index (χ0) is 38.2. The largest absolute Gasteiger partial charge is 0.257 e. The number of nitrogens with one attached hydrogen (secondary N) is 2. The van der Waals surface area contributed by atoms with E-state index in [4.69, 9.17) is 23.2 Å². The number of halogens is 2. The lowest BCUT2D eigenvalue weighted by molar-refractivity contribution is 0.874. The molecule has 2 heterocycles. The van der Waals surface area contributed by atoms with Gasteiger partial charge in [-0.25, -0.2) is 0 Å². The fourth-order valence-corrected chi connectivity index (χ4v) is 5.98. The summed E-state index contributed by atoms with van der Waals surface area (Å²) in [6.45, 7) is 4.10. The summed E-state index contributed by atoms with van der Waals surface area (Å²) < 4.78 is 0. The van der Waals surface area contributed by atoms with E-state index in [1.165, 1.54) is 22.3 Å². The van der Waals surface area contributed by atoms with Crippen molar-refractivity contribution in [3.8, 4) is 22.8 Å². The molecule has 6 aromatic carbocycles. The van der Waals surface area contributed by atoms with Crippen molar-refractivity contribution in [3.63, 3.8) is 0 Å². The molecular weight excluding hydrogens is 735 g/mol. The van der Waals surface area contributed by atoms with E-state index in [0.717, 1.165) is 57.9 Å². The summed E-state index contributed by atoms with van der Waals surface area (Å²) in [6.07, 6.45) is 1.67. The van der Waals surface area contributed by atoms with Crippen molar-refractivity contribution in [1.82, 2.24) is 31.2 Å². The van der Waals surface area contributed by atoms with E-state index in [9.17, 15) is 0 Å². The molecule has 1 aliphatic rings. The van der Waals surface area contributed by atoms with Gasteiger partial charge in [0, 0.05) is 22.3 Å². The Morgan fingerprint density at radius 3 is 1.41 bits per heavy atom. The number of nitrogens with zero attached hydrogens (tertiary/aromatic N) is 6. The highest BCUT2D eigenvalue weighted by atomic mass is 35.5. The van der Waals surface area contributed by atoms with Crippen molar-refractivity contribution in [2.24, 2.45) is 10.2 Å². The quantitative estimate of drug-likeness (QED) is 0.149. The Balaban J connectivity index is 0.000000197. The minimum Gasteiger partial charge on any atom is -0.257 e. The summed E-state index contributed by atoms with van der Waals surface area (Å²) in [7, 11) is 0. The third-order valence-electron chi connectivity index (χ3n) is 8.60. The van der Waals surface area contributed by atoms with Crippen LogP contribution < -0.4 is 10.9 Å². The van der Waals surface area contributed by atoms with Gasteiger partial charge in [-0.05, 0) is 61.1 Å². The van der Waals surface area contributed by atoms with Crippen LogP contribution in [0, 0.1) is 13.8 Å². The first-order valence-electron chi connectivity index (χ1n) is 17.8. The first-order valence-corrected chi connectivity index (χ1v) is 18.8. The lowest BCUT2D eigenvalue weighted by Crippen LogP contribution is -2.35. The molecule has 0 atom stereocenters. The third kappa shape index (κ3) is 11.4. The Labute approximate surface area is 339 Å². The van der Waals surface area contributed by atoms with Gasteiger partial charge in [0.2, 0.25) is 11.6 Å². The van der Waals surface area contributed by atoms with Gasteiger partial charge in [0.1, 0.15) is 0 Å². The van der Waals surface area contributed by atoms with Gasteiger partial charge in [-0.15, -0.1) is 43.6 Å². The van der Waals surface area contributed by atoms with Gasteiger partial charge in [0.25, 0.3) is 0 Å². The fraction of sp³-hybridized carbons (Fsp3) is 0.130. The van der Waals surface area contributed by atoms with E-state index in [1.54, 1.807) is 0 Å². The van der Waals surface area contributed by atoms with Gasteiger partial charge >= 0.3 is 0 Å². The third-order valence-corrected chi connectivity index (χ3v) is 8.60. The number of alkyl halides is 2. The lowest BCUT2D eigenvalue weighted by Gasteiger charge is -2.17. The maximum absolute atomic E-state index is 4.76. The highest BCUT2D eigenvalue weighted by molar-refractivity contribution is 6.40. The summed E-state index contributed by atoms with van der Waals surface area (Å²) in [4.78, 5) is 0. The lowest BCUT2D eigenvalue weighted by atomic mass is 9.99. The summed E-state index contributed by atoms with van der Waals surface area (Å²) in [5, 5.41) is 26.4. The molecule has 8 rings (SSSR count). The fourth-order valence-electron chi connectivity index (χ4n) is 5.98. The average molecular weight is 780 g/mol. The average Bonchev–Trinajstić information content (AvgIpc) is 3.23. The van der Waals surface area contributed by atoms with Gasteiger partial charge in [-0.1, -0.05) is 164 Å². The van der Waals surface area contributed by atoms with Crippen LogP contribution in [-0.4, -0.2) is 37.4 Å². The number of hydrogen-bond donors (Lipinski definition) is 2. The molecule has 1 aromatic heterocycles. The van der Waals surface area contributed by atoms with Crippen molar-refractivity contribution < 1.29 is 0 Å². The number of amidine groups is 2. The Bertz CT molecular complexity index is 2350. The number of aryl methyl sites for hydroxylation is 2. The maximum atomic E-state index is 4.76. The predicted octanol–water partition coefficient (Wildman–Crippen LogP) is 10.4. The Morgan fingerprint density at radius 2 is 0.875 bits per heavy atom. The molecule has 0 saturated heterocycles. The molecule has 56 heavy (non-hydrogen) atoms. The van der Waals surface area contributed by atoms with E-state index >= 15 is 0 Å². The summed E-state index contributed by atoms with van der Waals surface area (Å²) >= 11 is 9.53. The highest BCUT2D eigenvalue weighted by Gasteiger charge is 2.15. The van der Waals surface area contributed by atoms with Crippen LogP contribution in [0.15, 0.2) is 168 Å². The predicted molar refractivity (Wildman–Crippen MR) is 232 cm³/mol. The standard InChI is InChI=1S/C22H20N4.C22H18N4.CH2Cl2.CH4/c2*1-16-8-7-12-19(14-16)21-23-25-22(26-24-21)20-13-6-5-11-18(20)15-17-9-3-2-4-10-17;2-1-3;/h2-14H,15H2,1H3,(H,23,24)(H,25,26);2-14H,15H2,1H3;1H2;1H4. The number of aromatic nitrogens is 4. The molecule has 0 saturated carbocycles. The number of benzene rings is 6. The molecule has 2 N–H and O–H groups in total. The molecule has 0 amide bonds. The molecule has 0 fully saturated rings. The van der Waals surface area contributed by atoms with Crippen molar-refractivity contribution in [1.29, 1.82) is 0 Å². The molecule has 1 aliphatic heterocycles. The van der Waals surface area contributed by atoms with Gasteiger partial charge in [0.05, 0.1) is 5.34 Å². The van der Waals surface area contributed by atoms with Crippen LogP contribution in [0.5, 0.6) is 0 Å². The van der Waals surface area contributed by atoms with E-state index in [2.05, 4.69) is 121 Å². The first kappa shape index (κ1) is 41.0. The molecule has 0 radical (unpaired) electrons. The van der Waals surface area contributed by atoms with Gasteiger partial charge in [-0.3, -0.25) is 10.9 Å². The minimum absolute atomic E-state index is 0. The number of hydrazone groups is 2. The Hall–Kier alpha value is -6.22. The molecule has 0 unspecified atom stereocenters. The molecule has 0 bridgehead atoms. The molecular formula is C46H44Cl2N8. The van der Waals surface area contributed by atoms with Crippen LogP contribution in [0.25, 0.3) is 22.8 Å². The zero-order valence-corrected chi connectivity index (χ0v) is 32.1. The normalized spacial score (nSPS) is 11.4. The first-order chi connectivity index (χ1) is 27.0. The van der Waals surface area contributed by atoms with Crippen LogP contribution in [-0.2, 0) is 12.8 Å². The van der Waals surface area contributed by atoms with E-state index in [1.807, 2.05) is 91.9 Å². The van der Waals surface area contributed by atoms with E-state index in [0.29, 0.717) is 11.6 Å². The maximum Gasteiger partial charge on any atom is 0.203 e. The molecule has 0 spiro atoms. The monoisotopic (exact) mass is 778 g/mol. The second-order valence-electron chi connectivity index (χ2n) is 12.7. The number of hydrogen-bond acceptors (Lipinski definition) is 8. The molecule has 7 aromatic rings. The Morgan fingerprint density at radius 1 is 0.446 bits per heavy atom. The van der Waals surface area contributed by atoms with Crippen LogP contribution >= 0.6 is 23.2 Å². The topological polar surface area (TPSA) is 100 Å². The second kappa shape index (κ2) is 21.0. The number of rotatable bonds is 8. The smallest absolute Gasteiger partial charge is 0.203 e. The van der Waals surface area contributed by atoms with Crippen molar-refractivity contribution in [2.75, 3.05) is 5.34 Å². The van der Waals surface area contributed by atoms with Crippen molar-refractivity contribution in [3.05, 3.63) is 202 Å². The van der Waals surface area contributed by atoms with E-state index < -0.39 is 0 Å². The van der Waals surface area contributed by atoms with Gasteiger partial charge < -0.3 is 0 Å². The van der Waals surface area contributed by atoms with Gasteiger partial charge in [0.15, 0.2) is 11.7 Å². The minimum atomic E-state index is 0. The van der Waals surface area contributed by atoms with Gasteiger partial charge in [-0.2, -0.15) is 10.2 Å². The highest BCUT2D eigenvalue weighted by Crippen LogP contribution is 2.23. The van der Waals surface area contributed by atoms with Crippen LogP contribution in [0.3, 0.4) is 0 Å². The molecule has 0 aliphatic carbocycles. The van der Waals surface area contributed by atoms with Crippen molar-refractivity contribution in [2.45, 2.75) is 34.1 Å². The van der Waals surface area contributed by atoms with Crippen LogP contribution in [0.2, 0.25) is 0 Å². The second-order valence-corrected chi connectivity index (χ2v) is 13.5. The van der Waals surface area contributed by atoms with Crippen LogP contribution in [0.1, 0.15) is 51.9 Å². The van der Waals surface area contributed by atoms with E-state index in [-0.39, 0.29) is 12.8 Å². The van der Waals surface area contributed by atoms with Crippen molar-refractivity contribution >= 4 is 34.9 Å². The molecule has 10 heteroatoms.